The van der Waals surface area contributed by atoms with Gasteiger partial charge in [-0.1, -0.05) is 0 Å². The highest BCUT2D eigenvalue weighted by Gasteiger charge is 2.33. The van der Waals surface area contributed by atoms with E-state index >= 15 is 0 Å². The van der Waals surface area contributed by atoms with Crippen LogP contribution in [0.25, 0.3) is 10.2 Å². The lowest BCUT2D eigenvalue weighted by Crippen LogP contribution is -2.37. The summed E-state index contributed by atoms with van der Waals surface area (Å²) in [6.07, 6.45) is 8.69. The zero-order valence-electron chi connectivity index (χ0n) is 16.6. The predicted molar refractivity (Wildman–Crippen MR) is 111 cm³/mol. The van der Waals surface area contributed by atoms with Crippen molar-refractivity contribution < 1.29 is 9.53 Å². The van der Waals surface area contributed by atoms with Crippen LogP contribution in [0.4, 0.5) is 0 Å². The van der Waals surface area contributed by atoms with Crippen LogP contribution in [0.5, 0.6) is 5.88 Å². The van der Waals surface area contributed by atoms with Crippen LogP contribution in [0.1, 0.15) is 54.9 Å². The second-order valence-corrected chi connectivity index (χ2v) is 9.37. The highest BCUT2D eigenvalue weighted by molar-refractivity contribution is 7.19. The normalized spacial score (nSPS) is 25.8. The molecule has 0 aromatic carbocycles. The monoisotopic (exact) mass is 403 g/mol. The minimum absolute atomic E-state index is 0.192. The predicted octanol–water partition coefficient (Wildman–Crippen LogP) is 2.18. The molecule has 1 unspecified atom stereocenters. The maximum absolute atomic E-state index is 11.5. The average molecular weight is 404 g/mol. The van der Waals surface area contributed by atoms with Crippen LogP contribution < -0.4 is 16.2 Å². The van der Waals surface area contributed by atoms with Gasteiger partial charge in [0.05, 0.1) is 11.4 Å². The van der Waals surface area contributed by atoms with Crippen LogP contribution in [-0.2, 0) is 11.2 Å². The van der Waals surface area contributed by atoms with Crippen LogP contribution >= 0.6 is 11.3 Å². The van der Waals surface area contributed by atoms with Crippen molar-refractivity contribution in [3.8, 4) is 5.88 Å². The fourth-order valence-corrected chi connectivity index (χ4v) is 5.86. The van der Waals surface area contributed by atoms with Crippen molar-refractivity contribution in [2.24, 2.45) is 11.5 Å². The summed E-state index contributed by atoms with van der Waals surface area (Å²) in [4.78, 5) is 25.0. The number of nitrogens with two attached hydrogens (primary N) is 2. The molecule has 0 aliphatic heterocycles. The summed E-state index contributed by atoms with van der Waals surface area (Å²) >= 11 is 1.71. The maximum atomic E-state index is 11.5. The molecule has 8 heteroatoms. The minimum Gasteiger partial charge on any atom is -0.474 e. The lowest BCUT2D eigenvalue weighted by molar-refractivity contribution is -0.119. The molecule has 0 radical (unpaired) electrons. The number of thiophene rings is 1. The Morgan fingerprint density at radius 3 is 2.71 bits per heavy atom. The number of fused-ring (bicyclic) bond motifs is 3. The molecule has 1 amide bonds. The first-order valence-electron chi connectivity index (χ1n) is 10.1. The molecule has 2 aliphatic rings. The molecule has 2 aromatic heterocycles. The Bertz CT molecular complexity index is 860. The van der Waals surface area contributed by atoms with Gasteiger partial charge >= 0.3 is 0 Å². The molecule has 7 nitrogen and oxygen atoms in total. The molecule has 152 valence electrons. The number of aryl methyl sites for hydroxylation is 1. The molecule has 2 aliphatic carbocycles. The standard InChI is InChI=1S/C20H29N5O2S/c1-25(2)12-4-6-13(7-5-12)27-19-17-16-11(9-14(21)18(22)26)3-8-15(16)28-20(17)24-10-23-19/h10-14H,3-9,21H2,1-2H3,(H2,22,26)/t11-,12-,13-,14?/m1/s1. The molecule has 0 saturated heterocycles. The fraction of sp³-hybridized carbons (Fsp3) is 0.650. The van der Waals surface area contributed by atoms with Crippen LogP contribution in [-0.4, -0.2) is 53.1 Å². The summed E-state index contributed by atoms with van der Waals surface area (Å²) in [6, 6.07) is 0.0107. The van der Waals surface area contributed by atoms with E-state index in [1.165, 1.54) is 10.4 Å². The Hall–Kier alpha value is -1.77. The van der Waals surface area contributed by atoms with Crippen molar-refractivity contribution in [1.82, 2.24) is 14.9 Å². The number of carbonyl (C=O) groups excluding carboxylic acids is 1. The van der Waals surface area contributed by atoms with E-state index in [0.717, 1.165) is 48.7 Å². The third kappa shape index (κ3) is 3.73. The molecule has 2 atom stereocenters. The molecule has 0 bridgehead atoms. The van der Waals surface area contributed by atoms with Gasteiger partial charge in [-0.25, -0.2) is 9.97 Å². The summed E-state index contributed by atoms with van der Waals surface area (Å²) in [5.74, 6) is 0.456. The van der Waals surface area contributed by atoms with E-state index in [2.05, 4.69) is 29.0 Å². The fourth-order valence-electron chi connectivity index (χ4n) is 4.63. The second-order valence-electron chi connectivity index (χ2n) is 8.29. The molecule has 0 spiro atoms. The summed E-state index contributed by atoms with van der Waals surface area (Å²) in [7, 11) is 4.29. The molecule has 4 rings (SSSR count). The summed E-state index contributed by atoms with van der Waals surface area (Å²) in [5, 5.41) is 1.02. The van der Waals surface area contributed by atoms with Gasteiger partial charge in [0.2, 0.25) is 11.8 Å². The van der Waals surface area contributed by atoms with E-state index in [9.17, 15) is 4.79 Å². The third-order valence-electron chi connectivity index (χ3n) is 6.25. The quantitative estimate of drug-likeness (QED) is 0.765. The number of primary amides is 1. The Morgan fingerprint density at radius 1 is 1.29 bits per heavy atom. The first-order chi connectivity index (χ1) is 13.4. The average Bonchev–Trinajstić information content (AvgIpc) is 3.22. The molecule has 2 aromatic rings. The van der Waals surface area contributed by atoms with Gasteiger partial charge in [-0.2, -0.15) is 0 Å². The Labute approximate surface area is 169 Å². The van der Waals surface area contributed by atoms with Gasteiger partial charge in [-0.05, 0) is 70.5 Å². The van der Waals surface area contributed by atoms with Crippen molar-refractivity contribution in [3.63, 3.8) is 0 Å². The van der Waals surface area contributed by atoms with Gasteiger partial charge in [0.15, 0.2) is 0 Å². The van der Waals surface area contributed by atoms with Crippen molar-refractivity contribution in [3.05, 3.63) is 16.8 Å². The second kappa shape index (κ2) is 7.93. The molecule has 1 saturated carbocycles. The smallest absolute Gasteiger partial charge is 0.234 e. The lowest BCUT2D eigenvalue weighted by atomic mass is 9.92. The van der Waals surface area contributed by atoms with Crippen molar-refractivity contribution in [1.29, 1.82) is 0 Å². The molecule has 2 heterocycles. The van der Waals surface area contributed by atoms with E-state index in [1.807, 2.05) is 0 Å². The molecule has 1 fully saturated rings. The number of hydrogen-bond acceptors (Lipinski definition) is 7. The number of rotatable bonds is 6. The van der Waals surface area contributed by atoms with Gasteiger partial charge in [0.25, 0.3) is 0 Å². The van der Waals surface area contributed by atoms with Crippen LogP contribution in [0.15, 0.2) is 6.33 Å². The topological polar surface area (TPSA) is 107 Å². The Kier molecular flexibility index (Phi) is 5.53. The van der Waals surface area contributed by atoms with E-state index in [0.29, 0.717) is 18.3 Å². The van der Waals surface area contributed by atoms with E-state index < -0.39 is 11.9 Å². The molecular weight excluding hydrogens is 374 g/mol. The van der Waals surface area contributed by atoms with Crippen LogP contribution in [0.3, 0.4) is 0 Å². The zero-order valence-corrected chi connectivity index (χ0v) is 17.4. The number of nitrogens with zero attached hydrogens (tertiary/aromatic N) is 3. The highest BCUT2D eigenvalue weighted by Crippen LogP contribution is 2.47. The van der Waals surface area contributed by atoms with Crippen molar-refractivity contribution >= 4 is 27.5 Å². The first-order valence-corrected chi connectivity index (χ1v) is 10.9. The van der Waals surface area contributed by atoms with Crippen molar-refractivity contribution in [2.75, 3.05) is 14.1 Å². The van der Waals surface area contributed by atoms with E-state index in [-0.39, 0.29) is 12.0 Å². The lowest BCUT2D eigenvalue weighted by Gasteiger charge is -2.32. The Balaban J connectivity index is 1.58. The number of aromatic nitrogens is 2. The molecule has 28 heavy (non-hydrogen) atoms. The SMILES string of the molecule is CN(C)[C@H]1CC[C@H](Oc2ncnc3sc4c(c23)[C@@H](CC(N)C(N)=O)CC4)CC1. The van der Waals surface area contributed by atoms with Crippen LogP contribution in [0, 0.1) is 0 Å². The summed E-state index contributed by atoms with van der Waals surface area (Å²) in [6.45, 7) is 0. The maximum Gasteiger partial charge on any atom is 0.234 e. The molecule has 4 N–H and O–H groups in total. The number of ether oxygens (including phenoxy) is 1. The minimum atomic E-state index is -0.624. The zero-order chi connectivity index (χ0) is 19.8. The van der Waals surface area contributed by atoms with Gasteiger partial charge < -0.3 is 21.1 Å². The van der Waals surface area contributed by atoms with Crippen LogP contribution in [0.2, 0.25) is 0 Å². The largest absolute Gasteiger partial charge is 0.474 e. The van der Waals surface area contributed by atoms with E-state index in [4.69, 9.17) is 16.2 Å². The van der Waals surface area contributed by atoms with Gasteiger partial charge in [-0.3, -0.25) is 4.79 Å². The summed E-state index contributed by atoms with van der Waals surface area (Å²) < 4.78 is 6.40. The van der Waals surface area contributed by atoms with Crippen molar-refractivity contribution in [2.45, 2.75) is 69.1 Å². The highest BCUT2D eigenvalue weighted by atomic mass is 32.1. The Morgan fingerprint density at radius 2 is 2.04 bits per heavy atom. The number of carbonyl (C=O) groups is 1. The van der Waals surface area contributed by atoms with Gasteiger partial charge in [-0.15, -0.1) is 11.3 Å². The molecular formula is C20H29N5O2S. The first kappa shape index (κ1) is 19.5. The van der Waals surface area contributed by atoms with E-state index in [1.54, 1.807) is 17.7 Å². The number of hydrogen-bond donors (Lipinski definition) is 2. The third-order valence-corrected chi connectivity index (χ3v) is 7.42. The van der Waals surface area contributed by atoms with Gasteiger partial charge in [0, 0.05) is 10.9 Å². The van der Waals surface area contributed by atoms with Gasteiger partial charge in [0.1, 0.15) is 17.3 Å². The number of amides is 1. The summed E-state index contributed by atoms with van der Waals surface area (Å²) in [5.41, 5.74) is 12.6.